The predicted molar refractivity (Wildman–Crippen MR) is 136 cm³/mol. The lowest BCUT2D eigenvalue weighted by molar-refractivity contribution is -0.385. The number of carbonyl (C=O) groups is 1. The number of aryl methyl sites for hydroxylation is 1. The number of carbonyl (C=O) groups excluding carboxylic acids is 1. The molecule has 1 saturated heterocycles. The number of aliphatic imine (C=N–C) groups is 1. The second-order valence-electron chi connectivity index (χ2n) is 7.35. The minimum absolute atomic E-state index is 0.00168. The van der Waals surface area contributed by atoms with Crippen molar-refractivity contribution in [1.29, 1.82) is 0 Å². The third kappa shape index (κ3) is 4.63. The van der Waals surface area contributed by atoms with Crippen LogP contribution in [0.1, 0.15) is 16.9 Å². The Labute approximate surface area is 206 Å². The lowest BCUT2D eigenvalue weighted by atomic mass is 10.1. The summed E-state index contributed by atoms with van der Waals surface area (Å²) < 4.78 is 7.85. The molecule has 1 N–H and O–H groups in total. The molecule has 5 rings (SSSR count). The van der Waals surface area contributed by atoms with E-state index in [0.717, 1.165) is 31.9 Å². The van der Waals surface area contributed by atoms with E-state index in [1.165, 1.54) is 17.8 Å². The van der Waals surface area contributed by atoms with E-state index in [9.17, 15) is 14.9 Å². The first-order valence-corrected chi connectivity index (χ1v) is 12.5. The van der Waals surface area contributed by atoms with E-state index in [0.29, 0.717) is 32.2 Å². The number of rotatable bonds is 5. The number of amides is 1. The van der Waals surface area contributed by atoms with Crippen molar-refractivity contribution in [3.05, 3.63) is 80.4 Å². The molecule has 2 aromatic carbocycles. The highest BCUT2D eigenvalue weighted by Gasteiger charge is 2.25. The summed E-state index contributed by atoms with van der Waals surface area (Å²) in [5, 5.41) is 15.0. The zero-order valence-corrected chi connectivity index (χ0v) is 20.3. The van der Waals surface area contributed by atoms with Crippen LogP contribution in [-0.4, -0.2) is 21.0 Å². The molecule has 11 heteroatoms. The topological polar surface area (TPSA) is 111 Å². The lowest BCUT2D eigenvalue weighted by Crippen LogP contribution is -2.19. The Balaban J connectivity index is 1.33. The van der Waals surface area contributed by atoms with Gasteiger partial charge in [-0.2, -0.15) is 0 Å². The highest BCUT2D eigenvalue weighted by Crippen LogP contribution is 2.36. The molecule has 1 fully saturated rings. The molecule has 1 aliphatic heterocycles. The van der Waals surface area contributed by atoms with Crippen LogP contribution in [-0.2, 0) is 4.79 Å². The standard InChI is InChI=1S/C23H16N4O4S3/c1-12-9-14(10-17(13(12)2)27(29)30)24-22-26-21(28)19(32-22)11-15-7-8-20(31-15)34-23-25-16-5-3-4-6-18(16)33-23/h3-11H,1-2H3,(H,24,26,28)/b19-11-. The van der Waals surface area contributed by atoms with Crippen LogP contribution in [0.25, 0.3) is 16.3 Å². The number of nitrogens with zero attached hydrogens (tertiary/aromatic N) is 3. The second-order valence-corrected chi connectivity index (χ2v) is 10.7. The molecule has 0 radical (unpaired) electrons. The van der Waals surface area contributed by atoms with Gasteiger partial charge in [0.15, 0.2) is 14.6 Å². The van der Waals surface area contributed by atoms with Gasteiger partial charge in [0.2, 0.25) is 0 Å². The molecular formula is C23H16N4O4S3. The van der Waals surface area contributed by atoms with Gasteiger partial charge < -0.3 is 9.73 Å². The zero-order valence-electron chi connectivity index (χ0n) is 17.9. The number of thioether (sulfide) groups is 1. The smallest absolute Gasteiger partial charge is 0.274 e. The maximum absolute atomic E-state index is 12.4. The van der Waals surface area contributed by atoms with E-state index >= 15 is 0 Å². The number of fused-ring (bicyclic) bond motifs is 1. The lowest BCUT2D eigenvalue weighted by Gasteiger charge is -2.03. The van der Waals surface area contributed by atoms with Crippen molar-refractivity contribution < 1.29 is 14.1 Å². The van der Waals surface area contributed by atoms with Gasteiger partial charge >= 0.3 is 0 Å². The molecule has 3 heterocycles. The number of hydrogen-bond donors (Lipinski definition) is 1. The van der Waals surface area contributed by atoms with Crippen molar-refractivity contribution in [2.24, 2.45) is 4.99 Å². The van der Waals surface area contributed by atoms with E-state index in [1.807, 2.05) is 30.3 Å². The van der Waals surface area contributed by atoms with Crippen LogP contribution in [0, 0.1) is 24.0 Å². The first-order valence-electron chi connectivity index (χ1n) is 10.0. The molecule has 8 nitrogen and oxygen atoms in total. The maximum atomic E-state index is 12.4. The number of benzene rings is 2. The van der Waals surface area contributed by atoms with Crippen molar-refractivity contribution in [2.45, 2.75) is 23.3 Å². The van der Waals surface area contributed by atoms with Crippen LogP contribution in [0.3, 0.4) is 0 Å². The number of thiazole rings is 1. The highest BCUT2D eigenvalue weighted by atomic mass is 32.2. The highest BCUT2D eigenvalue weighted by molar-refractivity contribution is 8.18. The zero-order chi connectivity index (χ0) is 23.8. The van der Waals surface area contributed by atoms with Gasteiger partial charge in [-0.05, 0) is 73.3 Å². The van der Waals surface area contributed by atoms with Crippen LogP contribution in [0.4, 0.5) is 11.4 Å². The molecular weight excluding hydrogens is 492 g/mol. The van der Waals surface area contributed by atoms with E-state index in [4.69, 9.17) is 4.42 Å². The Morgan fingerprint density at radius 1 is 1.21 bits per heavy atom. The van der Waals surface area contributed by atoms with Gasteiger partial charge in [0, 0.05) is 17.7 Å². The molecule has 0 aliphatic carbocycles. The van der Waals surface area contributed by atoms with E-state index in [2.05, 4.69) is 15.3 Å². The minimum Gasteiger partial charge on any atom is -0.450 e. The Bertz CT molecular complexity index is 1490. The monoisotopic (exact) mass is 508 g/mol. The molecule has 0 unspecified atom stereocenters. The average molecular weight is 509 g/mol. The number of nitrogens with one attached hydrogen (secondary N) is 1. The molecule has 1 amide bonds. The first kappa shape index (κ1) is 22.4. The fourth-order valence-corrected chi connectivity index (χ4v) is 6.04. The van der Waals surface area contributed by atoms with Crippen molar-refractivity contribution in [2.75, 3.05) is 0 Å². The van der Waals surface area contributed by atoms with Crippen molar-refractivity contribution in [3.8, 4) is 0 Å². The summed E-state index contributed by atoms with van der Waals surface area (Å²) in [6, 6.07) is 14.7. The fourth-order valence-electron chi connectivity index (χ4n) is 3.25. The van der Waals surface area contributed by atoms with Gasteiger partial charge in [0.1, 0.15) is 5.76 Å². The maximum Gasteiger partial charge on any atom is 0.274 e. The molecule has 170 valence electrons. The Kier molecular flexibility index (Phi) is 5.98. The van der Waals surface area contributed by atoms with E-state index in [-0.39, 0.29) is 11.6 Å². The Hall–Kier alpha value is -3.41. The molecule has 2 aromatic heterocycles. The number of furan rings is 1. The first-order chi connectivity index (χ1) is 16.4. The summed E-state index contributed by atoms with van der Waals surface area (Å²) in [7, 11) is 0. The molecule has 1 aliphatic rings. The summed E-state index contributed by atoms with van der Waals surface area (Å²) >= 11 is 4.17. The summed E-state index contributed by atoms with van der Waals surface area (Å²) in [5.41, 5.74) is 2.70. The van der Waals surface area contributed by atoms with E-state index < -0.39 is 4.92 Å². The second kappa shape index (κ2) is 9.09. The molecule has 0 bridgehead atoms. The molecule has 34 heavy (non-hydrogen) atoms. The summed E-state index contributed by atoms with van der Waals surface area (Å²) in [4.78, 5) is 32.7. The third-order valence-electron chi connectivity index (χ3n) is 5.04. The van der Waals surface area contributed by atoms with Crippen LogP contribution in [0.2, 0.25) is 0 Å². The summed E-state index contributed by atoms with van der Waals surface area (Å²) in [6.45, 7) is 3.49. The van der Waals surface area contributed by atoms with Crippen LogP contribution in [0.15, 0.2) is 72.3 Å². The third-order valence-corrected chi connectivity index (χ3v) is 7.97. The van der Waals surface area contributed by atoms with Gasteiger partial charge in [-0.1, -0.05) is 12.1 Å². The van der Waals surface area contributed by atoms with Crippen LogP contribution >= 0.6 is 34.9 Å². The molecule has 0 atom stereocenters. The van der Waals surface area contributed by atoms with Gasteiger partial charge in [-0.15, -0.1) is 11.3 Å². The Morgan fingerprint density at radius 2 is 2.03 bits per heavy atom. The molecule has 4 aromatic rings. The number of para-hydroxylation sites is 1. The number of aromatic nitrogens is 1. The fraction of sp³-hybridized carbons (Fsp3) is 0.0870. The van der Waals surface area contributed by atoms with Crippen molar-refractivity contribution in [3.63, 3.8) is 0 Å². The molecule has 0 saturated carbocycles. The summed E-state index contributed by atoms with van der Waals surface area (Å²) in [6.07, 6.45) is 1.65. The van der Waals surface area contributed by atoms with Gasteiger partial charge in [0.25, 0.3) is 11.6 Å². The van der Waals surface area contributed by atoms with Crippen LogP contribution < -0.4 is 5.32 Å². The van der Waals surface area contributed by atoms with Gasteiger partial charge in [-0.25, -0.2) is 9.98 Å². The number of nitro benzene ring substituents is 1. The summed E-state index contributed by atoms with van der Waals surface area (Å²) in [5.74, 6) is 0.225. The minimum atomic E-state index is -0.432. The van der Waals surface area contributed by atoms with Crippen molar-refractivity contribution in [1.82, 2.24) is 10.3 Å². The normalized spacial score (nSPS) is 16.0. The van der Waals surface area contributed by atoms with Crippen molar-refractivity contribution >= 4 is 73.6 Å². The predicted octanol–water partition coefficient (Wildman–Crippen LogP) is 6.46. The number of hydrogen-bond acceptors (Lipinski definition) is 9. The number of nitro groups is 1. The quantitative estimate of drug-likeness (QED) is 0.187. The van der Waals surface area contributed by atoms with E-state index in [1.54, 1.807) is 43.4 Å². The number of amidine groups is 1. The largest absolute Gasteiger partial charge is 0.450 e. The van der Waals surface area contributed by atoms with Crippen LogP contribution in [0.5, 0.6) is 0 Å². The Morgan fingerprint density at radius 3 is 2.82 bits per heavy atom. The average Bonchev–Trinajstić information content (AvgIpc) is 3.49. The van der Waals surface area contributed by atoms with Gasteiger partial charge in [0.05, 0.1) is 25.7 Å². The molecule has 0 spiro atoms. The SMILES string of the molecule is Cc1cc(N=C2NC(=O)/C(=C/c3ccc(Sc4nc5ccccc5s4)o3)S2)cc([N+](=O)[O-])c1C. The van der Waals surface area contributed by atoms with Gasteiger partial charge in [-0.3, -0.25) is 14.9 Å².